The molecule has 0 unspecified atom stereocenters. The van der Waals surface area contributed by atoms with Crippen LogP contribution < -0.4 is 5.32 Å². The molecule has 158 valence electrons. The van der Waals surface area contributed by atoms with Gasteiger partial charge in [-0.2, -0.15) is 9.40 Å². The average molecular weight is 438 g/mol. The Morgan fingerprint density at radius 3 is 2.59 bits per heavy atom. The van der Waals surface area contributed by atoms with Crippen LogP contribution in [-0.4, -0.2) is 46.9 Å². The van der Waals surface area contributed by atoms with Gasteiger partial charge in [0.1, 0.15) is 4.90 Å². The van der Waals surface area contributed by atoms with Crippen LogP contribution in [0.5, 0.6) is 0 Å². The summed E-state index contributed by atoms with van der Waals surface area (Å²) in [6, 6.07) is 0. The number of piperidine rings is 1. The number of nitrogens with zero attached hydrogens (tertiary/aromatic N) is 3. The van der Waals surface area contributed by atoms with Crippen molar-refractivity contribution in [2.75, 3.05) is 13.1 Å². The Bertz CT molecular complexity index is 966. The van der Waals surface area contributed by atoms with Crippen LogP contribution in [0.4, 0.5) is 0 Å². The maximum Gasteiger partial charge on any atom is 0.246 e. The molecule has 2 aromatic rings. The van der Waals surface area contributed by atoms with Gasteiger partial charge in [-0.15, -0.1) is 11.3 Å². The molecule has 2 fully saturated rings. The zero-order chi connectivity index (χ0) is 20.6. The summed E-state index contributed by atoms with van der Waals surface area (Å²) in [5.74, 6) is 0.574. The van der Waals surface area contributed by atoms with Crippen LogP contribution >= 0.6 is 11.3 Å². The SMILES string of the molecule is Cc1n[nH]c(C)c1S(=O)(=O)N1CCC(c2nc(CNC(=O)C3CCC3)cs2)CC1. The van der Waals surface area contributed by atoms with E-state index in [1.807, 2.05) is 5.38 Å². The van der Waals surface area contributed by atoms with Crippen molar-refractivity contribution in [2.45, 2.75) is 63.3 Å². The normalized spacial score (nSPS) is 19.2. The third-order valence-corrected chi connectivity index (χ3v) is 9.17. The molecule has 1 aliphatic heterocycles. The Kier molecular flexibility index (Phi) is 5.76. The summed E-state index contributed by atoms with van der Waals surface area (Å²) < 4.78 is 27.5. The molecule has 10 heteroatoms. The van der Waals surface area contributed by atoms with E-state index in [-0.39, 0.29) is 17.7 Å². The highest BCUT2D eigenvalue weighted by Gasteiger charge is 2.34. The van der Waals surface area contributed by atoms with Crippen molar-refractivity contribution in [2.24, 2.45) is 5.92 Å². The molecule has 2 N–H and O–H groups in total. The Hall–Kier alpha value is -1.78. The number of amides is 1. The Labute approximate surface area is 175 Å². The van der Waals surface area contributed by atoms with Gasteiger partial charge in [-0.3, -0.25) is 9.89 Å². The van der Waals surface area contributed by atoms with Gasteiger partial charge >= 0.3 is 0 Å². The van der Waals surface area contributed by atoms with Crippen molar-refractivity contribution in [3.63, 3.8) is 0 Å². The molecular formula is C19H27N5O3S2. The zero-order valence-electron chi connectivity index (χ0n) is 16.8. The maximum atomic E-state index is 13.0. The lowest BCUT2D eigenvalue weighted by molar-refractivity contribution is -0.127. The number of carbonyl (C=O) groups excluding carboxylic acids is 1. The van der Waals surface area contributed by atoms with E-state index in [1.54, 1.807) is 29.5 Å². The van der Waals surface area contributed by atoms with Crippen LogP contribution in [-0.2, 0) is 21.4 Å². The number of hydrogen-bond donors (Lipinski definition) is 2. The number of rotatable bonds is 6. The smallest absolute Gasteiger partial charge is 0.246 e. The molecule has 0 radical (unpaired) electrons. The molecule has 8 nitrogen and oxygen atoms in total. The summed E-state index contributed by atoms with van der Waals surface area (Å²) in [5.41, 5.74) is 1.98. The van der Waals surface area contributed by atoms with Crippen LogP contribution in [0.25, 0.3) is 0 Å². The van der Waals surface area contributed by atoms with Crippen molar-refractivity contribution in [3.8, 4) is 0 Å². The third-order valence-electron chi connectivity index (χ3n) is 5.95. The zero-order valence-corrected chi connectivity index (χ0v) is 18.4. The number of aromatic amines is 1. The van der Waals surface area contributed by atoms with Crippen molar-refractivity contribution in [3.05, 3.63) is 27.5 Å². The first-order valence-electron chi connectivity index (χ1n) is 10.1. The van der Waals surface area contributed by atoms with Gasteiger partial charge in [0.05, 0.1) is 28.6 Å². The summed E-state index contributed by atoms with van der Waals surface area (Å²) >= 11 is 1.60. The number of aromatic nitrogens is 3. The van der Waals surface area contributed by atoms with E-state index in [4.69, 9.17) is 4.98 Å². The van der Waals surface area contributed by atoms with E-state index < -0.39 is 10.0 Å². The quantitative estimate of drug-likeness (QED) is 0.722. The van der Waals surface area contributed by atoms with Gasteiger partial charge in [0.15, 0.2) is 0 Å². The number of aryl methyl sites for hydroxylation is 2. The molecule has 0 spiro atoms. The lowest BCUT2D eigenvalue weighted by Crippen LogP contribution is -2.38. The Morgan fingerprint density at radius 2 is 2.00 bits per heavy atom. The topological polar surface area (TPSA) is 108 Å². The first-order chi connectivity index (χ1) is 13.9. The number of nitrogens with one attached hydrogen (secondary N) is 2. The second kappa shape index (κ2) is 8.16. The third kappa shape index (κ3) is 4.10. The minimum Gasteiger partial charge on any atom is -0.350 e. The van der Waals surface area contributed by atoms with Crippen molar-refractivity contribution >= 4 is 27.3 Å². The van der Waals surface area contributed by atoms with Crippen LogP contribution in [0.1, 0.15) is 60.1 Å². The molecule has 3 heterocycles. The fourth-order valence-electron chi connectivity index (χ4n) is 3.98. The van der Waals surface area contributed by atoms with E-state index in [2.05, 4.69) is 15.5 Å². The molecule has 0 aromatic carbocycles. The molecule has 0 atom stereocenters. The molecule has 0 bridgehead atoms. The molecule has 1 amide bonds. The minimum absolute atomic E-state index is 0.133. The molecule has 1 aliphatic carbocycles. The molecule has 1 saturated carbocycles. The van der Waals surface area contributed by atoms with Crippen molar-refractivity contribution in [1.29, 1.82) is 0 Å². The largest absolute Gasteiger partial charge is 0.350 e. The Balaban J connectivity index is 1.34. The monoisotopic (exact) mass is 437 g/mol. The highest BCUT2D eigenvalue weighted by Crippen LogP contribution is 2.33. The second-order valence-corrected chi connectivity index (χ2v) is 10.7. The first kappa shape index (κ1) is 20.5. The van der Waals surface area contributed by atoms with Gasteiger partial charge in [-0.25, -0.2) is 13.4 Å². The van der Waals surface area contributed by atoms with Crippen LogP contribution in [0.2, 0.25) is 0 Å². The van der Waals surface area contributed by atoms with Gasteiger partial charge < -0.3 is 5.32 Å². The minimum atomic E-state index is -3.53. The average Bonchev–Trinajstić information content (AvgIpc) is 3.25. The standard InChI is InChI=1S/C19H27N5O3S2/c1-12-17(13(2)23-22-12)29(26,27)24-8-6-15(7-9-24)19-21-16(11-28-19)10-20-18(25)14-4-3-5-14/h11,14-15H,3-10H2,1-2H3,(H,20,25)(H,22,23). The van der Waals surface area contributed by atoms with Crippen LogP contribution in [0.3, 0.4) is 0 Å². The van der Waals surface area contributed by atoms with Gasteiger partial charge in [0.2, 0.25) is 15.9 Å². The number of hydrogen-bond acceptors (Lipinski definition) is 6. The summed E-state index contributed by atoms with van der Waals surface area (Å²) in [4.78, 5) is 17.0. The molecule has 4 rings (SSSR count). The van der Waals surface area contributed by atoms with E-state index in [0.717, 1.165) is 42.8 Å². The Morgan fingerprint density at radius 1 is 1.28 bits per heavy atom. The molecule has 29 heavy (non-hydrogen) atoms. The number of carbonyl (C=O) groups is 1. The molecule has 2 aliphatic rings. The highest BCUT2D eigenvalue weighted by molar-refractivity contribution is 7.89. The number of H-pyrrole nitrogens is 1. The number of sulfonamides is 1. The van der Waals surface area contributed by atoms with E-state index in [9.17, 15) is 13.2 Å². The van der Waals surface area contributed by atoms with E-state index in [0.29, 0.717) is 35.9 Å². The lowest BCUT2D eigenvalue weighted by atomic mass is 9.85. The van der Waals surface area contributed by atoms with Crippen molar-refractivity contribution < 1.29 is 13.2 Å². The van der Waals surface area contributed by atoms with Gasteiger partial charge in [0.25, 0.3) is 0 Å². The number of thiazole rings is 1. The molecular weight excluding hydrogens is 410 g/mol. The van der Waals surface area contributed by atoms with Crippen molar-refractivity contribution in [1.82, 2.24) is 24.8 Å². The summed E-state index contributed by atoms with van der Waals surface area (Å²) in [7, 11) is -3.53. The predicted molar refractivity (Wildman–Crippen MR) is 110 cm³/mol. The maximum absolute atomic E-state index is 13.0. The fraction of sp³-hybridized carbons (Fsp3) is 0.632. The molecule has 2 aromatic heterocycles. The van der Waals surface area contributed by atoms with E-state index in [1.165, 1.54) is 0 Å². The van der Waals surface area contributed by atoms with Gasteiger partial charge in [-0.1, -0.05) is 6.42 Å². The molecule has 1 saturated heterocycles. The summed E-state index contributed by atoms with van der Waals surface area (Å²) in [6.45, 7) is 4.87. The first-order valence-corrected chi connectivity index (χ1v) is 12.4. The highest BCUT2D eigenvalue weighted by atomic mass is 32.2. The predicted octanol–water partition coefficient (Wildman–Crippen LogP) is 2.47. The summed E-state index contributed by atoms with van der Waals surface area (Å²) in [6.07, 6.45) is 4.63. The fourth-order valence-corrected chi connectivity index (χ4v) is 6.77. The summed E-state index contributed by atoms with van der Waals surface area (Å²) in [5, 5.41) is 12.8. The lowest BCUT2D eigenvalue weighted by Gasteiger charge is -2.30. The van der Waals surface area contributed by atoms with Gasteiger partial charge in [0, 0.05) is 30.3 Å². The van der Waals surface area contributed by atoms with Crippen LogP contribution in [0, 0.1) is 19.8 Å². The van der Waals surface area contributed by atoms with Gasteiger partial charge in [-0.05, 0) is 39.5 Å². The van der Waals surface area contributed by atoms with E-state index >= 15 is 0 Å². The van der Waals surface area contributed by atoms with Crippen LogP contribution in [0.15, 0.2) is 10.3 Å². The second-order valence-electron chi connectivity index (χ2n) is 7.96.